The molecule has 0 fully saturated rings. The lowest BCUT2D eigenvalue weighted by molar-refractivity contribution is 0.0976. The summed E-state index contributed by atoms with van der Waals surface area (Å²) in [5.74, 6) is 0.231. The van der Waals surface area contributed by atoms with E-state index in [4.69, 9.17) is 0 Å². The van der Waals surface area contributed by atoms with E-state index < -0.39 is 14.9 Å². The van der Waals surface area contributed by atoms with Gasteiger partial charge in [0.15, 0.2) is 5.13 Å². The van der Waals surface area contributed by atoms with Crippen molar-refractivity contribution in [3.8, 4) is 17.0 Å². The molecule has 9 heteroatoms. The van der Waals surface area contributed by atoms with Crippen LogP contribution in [-0.2, 0) is 0 Å². The lowest BCUT2D eigenvalue weighted by Crippen LogP contribution is -2.47. The SMILES string of the molecule is CSCC[Si@H](NC(=O)c1ccccc1O)C(=O)Nc1nc(-c2ccccc2)cs1. The second-order valence-electron chi connectivity index (χ2n) is 6.22. The molecular formula is C20H21N3O3S2Si. The highest BCUT2D eigenvalue weighted by molar-refractivity contribution is 7.98. The number of aromatic hydroxyl groups is 1. The Morgan fingerprint density at radius 2 is 1.86 bits per heavy atom. The van der Waals surface area contributed by atoms with E-state index in [9.17, 15) is 14.7 Å². The van der Waals surface area contributed by atoms with Crippen molar-refractivity contribution >= 4 is 48.6 Å². The molecule has 3 aromatic rings. The van der Waals surface area contributed by atoms with Crippen LogP contribution in [0, 0.1) is 0 Å². The summed E-state index contributed by atoms with van der Waals surface area (Å²) in [5, 5.41) is 15.2. The number of rotatable bonds is 8. The van der Waals surface area contributed by atoms with E-state index in [1.54, 1.807) is 23.9 Å². The van der Waals surface area contributed by atoms with Crippen molar-refractivity contribution in [2.45, 2.75) is 6.04 Å². The van der Waals surface area contributed by atoms with E-state index in [0.717, 1.165) is 17.0 Å². The second-order valence-corrected chi connectivity index (χ2v) is 10.6. The molecule has 0 saturated heterocycles. The summed E-state index contributed by atoms with van der Waals surface area (Å²) in [6.07, 6.45) is 1.96. The highest BCUT2D eigenvalue weighted by Crippen LogP contribution is 2.25. The molecule has 3 N–H and O–H groups in total. The number of carbonyl (C=O) groups excluding carboxylic acids is 2. The molecule has 29 heavy (non-hydrogen) atoms. The van der Waals surface area contributed by atoms with Gasteiger partial charge in [-0.3, -0.25) is 9.59 Å². The number of para-hydroxylation sites is 1. The van der Waals surface area contributed by atoms with E-state index >= 15 is 0 Å². The van der Waals surface area contributed by atoms with Gasteiger partial charge in [0, 0.05) is 10.9 Å². The van der Waals surface area contributed by atoms with Crippen LogP contribution < -0.4 is 10.3 Å². The Labute approximate surface area is 179 Å². The zero-order valence-electron chi connectivity index (χ0n) is 15.8. The molecule has 1 aromatic heterocycles. The Morgan fingerprint density at radius 1 is 1.14 bits per heavy atom. The van der Waals surface area contributed by atoms with Crippen LogP contribution in [0.4, 0.5) is 9.93 Å². The Kier molecular flexibility index (Phi) is 7.45. The van der Waals surface area contributed by atoms with E-state index in [1.807, 2.05) is 42.0 Å². The lowest BCUT2D eigenvalue weighted by Gasteiger charge is -2.16. The van der Waals surface area contributed by atoms with Gasteiger partial charge in [-0.25, -0.2) is 4.98 Å². The Balaban J connectivity index is 1.70. The number of anilines is 1. The van der Waals surface area contributed by atoms with Crippen molar-refractivity contribution in [1.82, 2.24) is 9.97 Å². The molecule has 0 unspecified atom stereocenters. The second kappa shape index (κ2) is 10.2. The Bertz CT molecular complexity index is 982. The number of carbonyl (C=O) groups is 2. The van der Waals surface area contributed by atoms with Crippen LogP contribution in [0.3, 0.4) is 0 Å². The molecule has 0 aliphatic rings. The summed E-state index contributed by atoms with van der Waals surface area (Å²) in [4.78, 5) is 32.7. The number of thioether (sulfide) groups is 1. The summed E-state index contributed by atoms with van der Waals surface area (Å²) >= 11 is 2.98. The molecular weight excluding hydrogens is 422 g/mol. The van der Waals surface area contributed by atoms with Gasteiger partial charge >= 0.3 is 0 Å². The predicted octanol–water partition coefficient (Wildman–Crippen LogP) is 4.15. The first-order chi connectivity index (χ1) is 14.1. The average molecular weight is 444 g/mol. The first-order valence-electron chi connectivity index (χ1n) is 8.98. The summed E-state index contributed by atoms with van der Waals surface area (Å²) in [6, 6.07) is 16.6. The topological polar surface area (TPSA) is 91.3 Å². The van der Waals surface area contributed by atoms with Crippen LogP contribution in [-0.4, -0.2) is 42.5 Å². The van der Waals surface area contributed by atoms with Crippen LogP contribution >= 0.6 is 23.1 Å². The fourth-order valence-corrected chi connectivity index (χ4v) is 6.70. The van der Waals surface area contributed by atoms with E-state index in [-0.39, 0.29) is 16.8 Å². The standard InChI is InChI=1S/C20H21N3O3S2Si/c1-27-11-12-29(23-18(25)15-9-5-6-10-17(15)24)20(26)22-19-21-16(13-28-19)14-7-3-2-4-8-14/h2-10,13,24,29H,11-12H2,1H3,(H,23,25)(H,21,22,26)/t29-/m0/s1. The number of nitrogens with zero attached hydrogens (tertiary/aromatic N) is 1. The quantitative estimate of drug-likeness (QED) is 0.455. The number of nitrogens with one attached hydrogen (secondary N) is 2. The smallest absolute Gasteiger partial charge is 0.247 e. The van der Waals surface area contributed by atoms with Gasteiger partial charge in [0.25, 0.3) is 0 Å². The molecule has 2 aromatic carbocycles. The number of thiazole rings is 1. The number of hydrogen-bond acceptors (Lipinski definition) is 6. The molecule has 0 bridgehead atoms. The third-order valence-corrected chi connectivity index (χ3v) is 8.26. The minimum Gasteiger partial charge on any atom is -0.507 e. The van der Waals surface area contributed by atoms with Crippen LogP contribution in [0.15, 0.2) is 60.0 Å². The molecule has 2 amide bonds. The van der Waals surface area contributed by atoms with E-state index in [0.29, 0.717) is 11.2 Å². The van der Waals surface area contributed by atoms with Gasteiger partial charge in [-0.2, -0.15) is 11.8 Å². The number of hydrogen-bond donors (Lipinski definition) is 3. The number of amides is 2. The van der Waals surface area contributed by atoms with Gasteiger partial charge in [-0.15, -0.1) is 11.3 Å². The van der Waals surface area contributed by atoms with Gasteiger partial charge in [0.05, 0.1) is 11.3 Å². The Hall–Kier alpha value is -2.62. The van der Waals surface area contributed by atoms with Gasteiger partial charge in [0.1, 0.15) is 5.75 Å². The van der Waals surface area contributed by atoms with Crippen molar-refractivity contribution in [3.05, 3.63) is 65.5 Å². The van der Waals surface area contributed by atoms with E-state index in [1.165, 1.54) is 23.5 Å². The number of aromatic nitrogens is 1. The molecule has 0 aliphatic carbocycles. The first kappa shape index (κ1) is 21.1. The number of phenolic OH excluding ortho intramolecular Hbond substituents is 1. The van der Waals surface area contributed by atoms with Crippen LogP contribution in [0.2, 0.25) is 6.04 Å². The summed E-state index contributed by atoms with van der Waals surface area (Å²) in [6.45, 7) is 0. The highest BCUT2D eigenvalue weighted by Gasteiger charge is 2.25. The van der Waals surface area contributed by atoms with Crippen LogP contribution in [0.25, 0.3) is 11.3 Å². The summed E-state index contributed by atoms with van der Waals surface area (Å²) < 4.78 is 0. The minimum absolute atomic E-state index is 0.101. The normalized spacial score (nSPS) is 11.6. The van der Waals surface area contributed by atoms with Crippen molar-refractivity contribution in [2.24, 2.45) is 0 Å². The molecule has 3 rings (SSSR count). The average Bonchev–Trinajstić information content (AvgIpc) is 3.20. The molecule has 150 valence electrons. The third-order valence-electron chi connectivity index (χ3n) is 4.19. The number of benzene rings is 2. The monoisotopic (exact) mass is 443 g/mol. The predicted molar refractivity (Wildman–Crippen MR) is 122 cm³/mol. The molecule has 1 heterocycles. The Morgan fingerprint density at radius 3 is 2.59 bits per heavy atom. The summed E-state index contributed by atoms with van der Waals surface area (Å²) in [7, 11) is -2.34. The first-order valence-corrected chi connectivity index (χ1v) is 13.2. The zero-order chi connectivity index (χ0) is 20.6. The van der Waals surface area contributed by atoms with Crippen molar-refractivity contribution in [3.63, 3.8) is 0 Å². The van der Waals surface area contributed by atoms with Crippen molar-refractivity contribution in [2.75, 3.05) is 17.3 Å². The largest absolute Gasteiger partial charge is 0.507 e. The van der Waals surface area contributed by atoms with Gasteiger partial charge in [-0.1, -0.05) is 42.5 Å². The zero-order valence-corrected chi connectivity index (χ0v) is 18.6. The van der Waals surface area contributed by atoms with Crippen LogP contribution in [0.5, 0.6) is 5.75 Å². The maximum atomic E-state index is 12.8. The fourth-order valence-electron chi connectivity index (χ4n) is 2.67. The molecule has 1 atom stereocenters. The highest BCUT2D eigenvalue weighted by atomic mass is 32.2. The number of phenols is 1. The summed E-state index contributed by atoms with van der Waals surface area (Å²) in [5.41, 5.74) is 1.75. The van der Waals surface area contributed by atoms with Crippen LogP contribution in [0.1, 0.15) is 10.4 Å². The maximum Gasteiger partial charge on any atom is 0.247 e. The third kappa shape index (κ3) is 5.69. The molecule has 0 saturated carbocycles. The molecule has 6 nitrogen and oxygen atoms in total. The molecule has 0 radical (unpaired) electrons. The van der Waals surface area contributed by atoms with Crippen molar-refractivity contribution in [1.29, 1.82) is 0 Å². The maximum absolute atomic E-state index is 12.8. The van der Waals surface area contributed by atoms with Gasteiger partial charge < -0.3 is 15.4 Å². The van der Waals surface area contributed by atoms with Crippen molar-refractivity contribution < 1.29 is 14.7 Å². The fraction of sp³-hybridized carbons (Fsp3) is 0.150. The molecule has 0 spiro atoms. The lowest BCUT2D eigenvalue weighted by atomic mass is 10.2. The minimum atomic E-state index is -2.34. The van der Waals surface area contributed by atoms with Gasteiger partial charge in [0.2, 0.25) is 20.4 Å². The van der Waals surface area contributed by atoms with Gasteiger partial charge in [-0.05, 0) is 30.2 Å². The molecule has 0 aliphatic heterocycles. The van der Waals surface area contributed by atoms with E-state index in [2.05, 4.69) is 15.3 Å².